The number of hydrogen-bond donors (Lipinski definition) is 1. The van der Waals surface area contributed by atoms with Crippen LogP contribution in [0.25, 0.3) is 10.7 Å². The quantitative estimate of drug-likeness (QED) is 0.926. The van der Waals surface area contributed by atoms with Crippen molar-refractivity contribution in [2.24, 2.45) is 5.41 Å². The number of pyridine rings is 1. The van der Waals surface area contributed by atoms with Crippen molar-refractivity contribution < 1.29 is 0 Å². The molecule has 0 saturated carbocycles. The lowest BCUT2D eigenvalue weighted by Crippen LogP contribution is -2.32. The number of nitrogens with one attached hydrogen (secondary N) is 1. The predicted molar refractivity (Wildman–Crippen MR) is 88.6 cm³/mol. The number of aryl methyl sites for hydroxylation is 1. The number of hydrogen-bond acceptors (Lipinski definition) is 4. The van der Waals surface area contributed by atoms with Crippen LogP contribution in [0.15, 0.2) is 18.3 Å². The minimum Gasteiger partial charge on any atom is -0.309 e. The minimum absolute atomic E-state index is 0.311. The summed E-state index contributed by atoms with van der Waals surface area (Å²) in [6.07, 6.45) is 4.16. The summed E-state index contributed by atoms with van der Waals surface area (Å²) in [6.45, 7) is 9.90. The summed E-state index contributed by atoms with van der Waals surface area (Å²) in [4.78, 5) is 10.8. The van der Waals surface area contributed by atoms with Crippen LogP contribution in [0.5, 0.6) is 0 Å². The molecule has 1 aliphatic carbocycles. The standard InChI is InChI=1S/C17H23N3S/c1-5-18-13-8-17(3,4)9-14-15(13)21-16(20-14)12-7-6-11(2)10-19-12/h6-7,10,13,18H,5,8-9H2,1-4H3. The van der Waals surface area contributed by atoms with Gasteiger partial charge in [-0.25, -0.2) is 4.98 Å². The minimum atomic E-state index is 0.311. The Bertz CT molecular complexity index is 628. The zero-order chi connectivity index (χ0) is 15.0. The highest BCUT2D eigenvalue weighted by Gasteiger charge is 2.34. The number of aromatic nitrogens is 2. The van der Waals surface area contributed by atoms with E-state index in [2.05, 4.69) is 50.1 Å². The van der Waals surface area contributed by atoms with Crippen LogP contribution in [0, 0.1) is 12.3 Å². The van der Waals surface area contributed by atoms with Crippen molar-refractivity contribution in [2.75, 3.05) is 6.54 Å². The molecular formula is C17H23N3S. The summed E-state index contributed by atoms with van der Waals surface area (Å²) >= 11 is 1.81. The Balaban J connectivity index is 1.99. The van der Waals surface area contributed by atoms with Gasteiger partial charge in [-0.2, -0.15) is 0 Å². The average Bonchev–Trinajstić information content (AvgIpc) is 2.82. The van der Waals surface area contributed by atoms with Crippen molar-refractivity contribution in [2.45, 2.75) is 46.6 Å². The maximum atomic E-state index is 4.89. The van der Waals surface area contributed by atoms with Crippen molar-refractivity contribution in [3.05, 3.63) is 34.5 Å². The molecule has 3 rings (SSSR count). The molecule has 0 fully saturated rings. The summed E-state index contributed by atoms with van der Waals surface area (Å²) < 4.78 is 0. The third-order valence-electron chi connectivity index (χ3n) is 4.03. The zero-order valence-electron chi connectivity index (χ0n) is 13.2. The number of thiazole rings is 1. The molecular weight excluding hydrogens is 278 g/mol. The lowest BCUT2D eigenvalue weighted by molar-refractivity contribution is 0.260. The Morgan fingerprint density at radius 1 is 1.38 bits per heavy atom. The monoisotopic (exact) mass is 301 g/mol. The van der Waals surface area contributed by atoms with Gasteiger partial charge in [0.1, 0.15) is 5.01 Å². The lowest BCUT2D eigenvalue weighted by atomic mass is 9.76. The van der Waals surface area contributed by atoms with Crippen LogP contribution in [-0.4, -0.2) is 16.5 Å². The van der Waals surface area contributed by atoms with E-state index in [0.29, 0.717) is 11.5 Å². The van der Waals surface area contributed by atoms with Gasteiger partial charge in [0.2, 0.25) is 0 Å². The van der Waals surface area contributed by atoms with Crippen LogP contribution >= 0.6 is 11.3 Å². The van der Waals surface area contributed by atoms with Gasteiger partial charge in [0.25, 0.3) is 0 Å². The largest absolute Gasteiger partial charge is 0.309 e. The molecule has 2 aromatic rings. The fraction of sp³-hybridized carbons (Fsp3) is 0.529. The van der Waals surface area contributed by atoms with Crippen LogP contribution in [0.2, 0.25) is 0 Å². The Hall–Kier alpha value is -1.26. The van der Waals surface area contributed by atoms with Crippen molar-refractivity contribution in [3.8, 4) is 10.7 Å². The summed E-state index contributed by atoms with van der Waals surface area (Å²) in [5.74, 6) is 0. The second-order valence-corrected chi connectivity index (χ2v) is 7.74. The number of rotatable bonds is 3. The fourth-order valence-corrected chi connectivity index (χ4v) is 4.18. The van der Waals surface area contributed by atoms with E-state index in [-0.39, 0.29) is 0 Å². The third-order valence-corrected chi connectivity index (χ3v) is 5.26. The summed E-state index contributed by atoms with van der Waals surface area (Å²) in [5, 5.41) is 4.68. The van der Waals surface area contributed by atoms with Gasteiger partial charge in [-0.05, 0) is 43.4 Å². The average molecular weight is 301 g/mol. The molecule has 0 aliphatic heterocycles. The van der Waals surface area contributed by atoms with Gasteiger partial charge >= 0.3 is 0 Å². The second-order valence-electron chi connectivity index (χ2n) is 6.71. The molecule has 0 spiro atoms. The highest BCUT2D eigenvalue weighted by Crippen LogP contribution is 2.44. The van der Waals surface area contributed by atoms with E-state index >= 15 is 0 Å². The second kappa shape index (κ2) is 5.50. The molecule has 0 bridgehead atoms. The highest BCUT2D eigenvalue weighted by atomic mass is 32.1. The molecule has 0 radical (unpaired) electrons. The van der Waals surface area contributed by atoms with E-state index in [1.807, 2.05) is 6.20 Å². The first-order valence-corrected chi connectivity index (χ1v) is 8.46. The van der Waals surface area contributed by atoms with Crippen molar-refractivity contribution >= 4 is 11.3 Å². The SMILES string of the molecule is CCNC1CC(C)(C)Cc2nc(-c3ccc(C)cn3)sc21. The molecule has 112 valence electrons. The summed E-state index contributed by atoms with van der Waals surface area (Å²) in [6, 6.07) is 4.62. The van der Waals surface area contributed by atoms with E-state index in [9.17, 15) is 0 Å². The first-order valence-electron chi connectivity index (χ1n) is 7.64. The Kier molecular flexibility index (Phi) is 3.84. The third kappa shape index (κ3) is 3.01. The van der Waals surface area contributed by atoms with Gasteiger partial charge in [-0.3, -0.25) is 4.98 Å². The van der Waals surface area contributed by atoms with E-state index < -0.39 is 0 Å². The first-order chi connectivity index (χ1) is 9.98. The topological polar surface area (TPSA) is 37.8 Å². The van der Waals surface area contributed by atoms with Crippen LogP contribution in [0.1, 0.15) is 49.4 Å². The fourth-order valence-electron chi connectivity index (χ4n) is 3.05. The predicted octanol–water partition coefficient (Wildman–Crippen LogP) is 4.14. The molecule has 21 heavy (non-hydrogen) atoms. The van der Waals surface area contributed by atoms with E-state index in [1.54, 1.807) is 11.3 Å². The van der Waals surface area contributed by atoms with Gasteiger partial charge in [0.05, 0.1) is 11.4 Å². The van der Waals surface area contributed by atoms with Crippen molar-refractivity contribution in [1.29, 1.82) is 0 Å². The van der Waals surface area contributed by atoms with E-state index in [1.165, 1.54) is 22.6 Å². The highest BCUT2D eigenvalue weighted by molar-refractivity contribution is 7.15. The molecule has 0 aromatic carbocycles. The first kappa shape index (κ1) is 14.7. The lowest BCUT2D eigenvalue weighted by Gasteiger charge is -2.34. The molecule has 1 unspecified atom stereocenters. The molecule has 2 heterocycles. The molecule has 1 N–H and O–H groups in total. The summed E-state index contributed by atoms with van der Waals surface area (Å²) in [7, 11) is 0. The van der Waals surface area contributed by atoms with Crippen molar-refractivity contribution in [3.63, 3.8) is 0 Å². The van der Waals surface area contributed by atoms with Crippen LogP contribution in [0.4, 0.5) is 0 Å². The molecule has 0 saturated heterocycles. The van der Waals surface area contributed by atoms with Crippen molar-refractivity contribution in [1.82, 2.24) is 15.3 Å². The van der Waals surface area contributed by atoms with Gasteiger partial charge in [-0.1, -0.05) is 26.8 Å². The number of fused-ring (bicyclic) bond motifs is 1. The zero-order valence-corrected chi connectivity index (χ0v) is 14.0. The van der Waals surface area contributed by atoms with Gasteiger partial charge < -0.3 is 5.32 Å². The molecule has 4 heteroatoms. The Labute approximate surface area is 130 Å². The molecule has 0 amide bonds. The van der Waals surface area contributed by atoms with Crippen LogP contribution in [-0.2, 0) is 6.42 Å². The summed E-state index contributed by atoms with van der Waals surface area (Å²) in [5.41, 5.74) is 3.76. The van der Waals surface area contributed by atoms with E-state index in [4.69, 9.17) is 4.98 Å². The molecule has 2 aromatic heterocycles. The van der Waals surface area contributed by atoms with Gasteiger partial charge in [0.15, 0.2) is 0 Å². The molecule has 1 atom stereocenters. The Morgan fingerprint density at radius 3 is 2.86 bits per heavy atom. The van der Waals surface area contributed by atoms with E-state index in [0.717, 1.165) is 23.7 Å². The van der Waals surface area contributed by atoms with Gasteiger partial charge in [0, 0.05) is 17.1 Å². The maximum absolute atomic E-state index is 4.89. The normalized spacial score (nSPS) is 20.3. The maximum Gasteiger partial charge on any atom is 0.142 e. The number of nitrogens with zero attached hydrogens (tertiary/aromatic N) is 2. The molecule has 3 nitrogen and oxygen atoms in total. The van der Waals surface area contributed by atoms with Gasteiger partial charge in [-0.15, -0.1) is 11.3 Å². The van der Waals surface area contributed by atoms with Crippen LogP contribution < -0.4 is 5.32 Å². The molecule has 1 aliphatic rings. The smallest absolute Gasteiger partial charge is 0.142 e. The van der Waals surface area contributed by atoms with Crippen LogP contribution in [0.3, 0.4) is 0 Å². The Morgan fingerprint density at radius 2 is 2.19 bits per heavy atom.